The maximum absolute atomic E-state index is 13.9. The Hall–Kier alpha value is -2.85. The summed E-state index contributed by atoms with van der Waals surface area (Å²) >= 11 is 0. The van der Waals surface area contributed by atoms with Crippen molar-refractivity contribution in [2.75, 3.05) is 33.3 Å². The van der Waals surface area contributed by atoms with Gasteiger partial charge in [-0.25, -0.2) is 21.6 Å². The molecule has 0 saturated carbocycles. The Labute approximate surface area is 172 Å². The lowest BCUT2D eigenvalue weighted by Crippen LogP contribution is -2.50. The van der Waals surface area contributed by atoms with Crippen LogP contribution in [0.5, 0.6) is 5.75 Å². The van der Waals surface area contributed by atoms with Gasteiger partial charge in [0.25, 0.3) is 0 Å². The SMILES string of the molecule is COc1ccccc1C=CC(=O)N1CCN(S(=O)(=O)c2ccc(F)c(F)c2F)CC1. The Kier molecular flexibility index (Phi) is 6.47. The average molecular weight is 440 g/mol. The zero-order chi connectivity index (χ0) is 21.9. The molecule has 1 fully saturated rings. The Balaban J connectivity index is 1.68. The summed E-state index contributed by atoms with van der Waals surface area (Å²) in [4.78, 5) is 12.9. The van der Waals surface area contributed by atoms with Gasteiger partial charge in [0.2, 0.25) is 15.9 Å². The summed E-state index contributed by atoms with van der Waals surface area (Å²) in [5.41, 5.74) is 0.711. The molecule has 0 unspecified atom stereocenters. The van der Waals surface area contributed by atoms with Crippen LogP contribution in [0.15, 0.2) is 47.4 Å². The van der Waals surface area contributed by atoms with E-state index in [1.54, 1.807) is 30.3 Å². The first-order valence-corrected chi connectivity index (χ1v) is 10.4. The number of para-hydroxylation sites is 1. The molecule has 1 heterocycles. The summed E-state index contributed by atoms with van der Waals surface area (Å²) in [5.74, 6) is -4.79. The molecular weight excluding hydrogens is 421 g/mol. The number of sulfonamides is 1. The second-order valence-corrected chi connectivity index (χ2v) is 8.38. The second-order valence-electron chi connectivity index (χ2n) is 6.48. The molecule has 0 aliphatic carbocycles. The van der Waals surface area contributed by atoms with Crippen LogP contribution in [0.3, 0.4) is 0 Å². The molecule has 6 nitrogen and oxygen atoms in total. The predicted molar refractivity (Wildman–Crippen MR) is 104 cm³/mol. The van der Waals surface area contributed by atoms with Gasteiger partial charge in [0.05, 0.1) is 7.11 Å². The van der Waals surface area contributed by atoms with E-state index in [2.05, 4.69) is 0 Å². The normalized spacial score (nSPS) is 15.5. The van der Waals surface area contributed by atoms with E-state index in [1.165, 1.54) is 18.1 Å². The molecule has 0 N–H and O–H groups in total. The number of carbonyl (C=O) groups is 1. The van der Waals surface area contributed by atoms with Crippen LogP contribution in [0.4, 0.5) is 13.2 Å². The van der Waals surface area contributed by atoms with Gasteiger partial charge in [0.15, 0.2) is 17.5 Å². The van der Waals surface area contributed by atoms with Gasteiger partial charge in [-0.15, -0.1) is 0 Å². The standard InChI is InChI=1S/C20H19F3N2O4S/c1-29-16-5-3-2-4-14(16)6-9-18(26)24-10-12-25(13-11-24)30(27,28)17-8-7-15(21)19(22)20(17)23/h2-9H,10-13H2,1H3. The number of halogens is 3. The third-order valence-electron chi connectivity index (χ3n) is 4.71. The monoisotopic (exact) mass is 440 g/mol. The minimum atomic E-state index is -4.37. The molecule has 2 aromatic carbocycles. The molecule has 0 atom stereocenters. The van der Waals surface area contributed by atoms with Gasteiger partial charge in [-0.05, 0) is 24.3 Å². The fourth-order valence-electron chi connectivity index (χ4n) is 3.07. The maximum Gasteiger partial charge on any atom is 0.246 e. The lowest BCUT2D eigenvalue weighted by atomic mass is 10.2. The Morgan fingerprint density at radius 3 is 2.33 bits per heavy atom. The smallest absolute Gasteiger partial charge is 0.246 e. The topological polar surface area (TPSA) is 66.9 Å². The first-order valence-electron chi connectivity index (χ1n) is 8.99. The van der Waals surface area contributed by atoms with Crippen LogP contribution >= 0.6 is 0 Å². The van der Waals surface area contributed by atoms with Gasteiger partial charge in [0, 0.05) is 37.8 Å². The number of piperazine rings is 1. The number of methoxy groups -OCH3 is 1. The van der Waals surface area contributed by atoms with Crippen molar-refractivity contribution in [3.8, 4) is 5.75 Å². The third-order valence-corrected chi connectivity index (χ3v) is 6.63. The van der Waals surface area contributed by atoms with E-state index in [0.717, 1.165) is 4.31 Å². The number of hydrogen-bond donors (Lipinski definition) is 0. The van der Waals surface area contributed by atoms with E-state index < -0.39 is 32.4 Å². The molecule has 0 spiro atoms. The summed E-state index contributed by atoms with van der Waals surface area (Å²) in [6.45, 7) is -0.0662. The Morgan fingerprint density at radius 2 is 1.67 bits per heavy atom. The van der Waals surface area contributed by atoms with Crippen molar-refractivity contribution < 1.29 is 31.1 Å². The van der Waals surface area contributed by atoms with Crippen LogP contribution in [-0.4, -0.2) is 56.8 Å². The lowest BCUT2D eigenvalue weighted by Gasteiger charge is -2.33. The molecule has 10 heteroatoms. The van der Waals surface area contributed by atoms with E-state index in [0.29, 0.717) is 23.4 Å². The lowest BCUT2D eigenvalue weighted by molar-refractivity contribution is -0.127. The summed E-state index contributed by atoms with van der Waals surface area (Å²) in [6, 6.07) is 8.39. The highest BCUT2D eigenvalue weighted by Crippen LogP contribution is 2.24. The molecule has 0 bridgehead atoms. The molecule has 1 aliphatic heterocycles. The fourth-order valence-corrected chi connectivity index (χ4v) is 4.54. The van der Waals surface area contributed by atoms with Gasteiger partial charge >= 0.3 is 0 Å². The molecular formula is C20H19F3N2O4S. The van der Waals surface area contributed by atoms with Gasteiger partial charge in [0.1, 0.15) is 10.6 Å². The van der Waals surface area contributed by atoms with Crippen molar-refractivity contribution in [3.63, 3.8) is 0 Å². The zero-order valence-corrected chi connectivity index (χ0v) is 16.8. The van der Waals surface area contributed by atoms with Crippen molar-refractivity contribution in [2.45, 2.75) is 4.90 Å². The fraction of sp³-hybridized carbons (Fsp3) is 0.250. The van der Waals surface area contributed by atoms with E-state index in [4.69, 9.17) is 4.74 Å². The number of carbonyl (C=O) groups excluding carboxylic acids is 1. The van der Waals surface area contributed by atoms with Crippen molar-refractivity contribution in [3.05, 3.63) is 65.5 Å². The first-order chi connectivity index (χ1) is 14.3. The van der Waals surface area contributed by atoms with Gasteiger partial charge in [-0.1, -0.05) is 18.2 Å². The molecule has 0 radical (unpaired) electrons. The number of amides is 1. The van der Waals surface area contributed by atoms with E-state index in [9.17, 15) is 26.4 Å². The first kappa shape index (κ1) is 21.8. The van der Waals surface area contributed by atoms with Gasteiger partial charge in [-0.2, -0.15) is 4.31 Å². The minimum Gasteiger partial charge on any atom is -0.496 e. The van der Waals surface area contributed by atoms with E-state index >= 15 is 0 Å². The van der Waals surface area contributed by atoms with E-state index in [1.807, 2.05) is 0 Å². The summed E-state index contributed by atoms with van der Waals surface area (Å²) in [6.07, 6.45) is 2.96. The zero-order valence-electron chi connectivity index (χ0n) is 16.0. The minimum absolute atomic E-state index is 0.0691. The molecule has 1 aliphatic rings. The highest BCUT2D eigenvalue weighted by atomic mass is 32.2. The van der Waals surface area contributed by atoms with Crippen LogP contribution in [0.1, 0.15) is 5.56 Å². The quantitative estimate of drug-likeness (QED) is 0.530. The van der Waals surface area contributed by atoms with Crippen LogP contribution in [0.25, 0.3) is 6.08 Å². The molecule has 1 amide bonds. The summed E-state index contributed by atoms with van der Waals surface area (Å²) in [5, 5.41) is 0. The Morgan fingerprint density at radius 1 is 1.00 bits per heavy atom. The predicted octanol–water partition coefficient (Wildman–Crippen LogP) is 2.66. The van der Waals surface area contributed by atoms with Crippen molar-refractivity contribution in [1.82, 2.24) is 9.21 Å². The molecule has 2 aromatic rings. The molecule has 0 aromatic heterocycles. The molecule has 160 valence electrons. The largest absolute Gasteiger partial charge is 0.496 e. The van der Waals surface area contributed by atoms with Gasteiger partial charge < -0.3 is 9.64 Å². The van der Waals surface area contributed by atoms with Crippen molar-refractivity contribution in [2.24, 2.45) is 0 Å². The number of benzene rings is 2. The summed E-state index contributed by atoms with van der Waals surface area (Å²) in [7, 11) is -2.85. The molecule has 30 heavy (non-hydrogen) atoms. The van der Waals surface area contributed by atoms with Crippen LogP contribution in [-0.2, 0) is 14.8 Å². The van der Waals surface area contributed by atoms with Gasteiger partial charge in [-0.3, -0.25) is 4.79 Å². The number of ether oxygens (including phenoxy) is 1. The van der Waals surface area contributed by atoms with Crippen molar-refractivity contribution >= 4 is 22.0 Å². The van der Waals surface area contributed by atoms with Crippen LogP contribution in [0, 0.1) is 17.5 Å². The Bertz CT molecular complexity index is 1080. The second kappa shape index (κ2) is 8.88. The van der Waals surface area contributed by atoms with Crippen molar-refractivity contribution in [1.29, 1.82) is 0 Å². The number of rotatable bonds is 5. The summed E-state index contributed by atoms with van der Waals surface area (Å²) < 4.78 is 71.8. The highest BCUT2D eigenvalue weighted by Gasteiger charge is 2.33. The van der Waals surface area contributed by atoms with Crippen LogP contribution in [0.2, 0.25) is 0 Å². The van der Waals surface area contributed by atoms with E-state index in [-0.39, 0.29) is 32.1 Å². The average Bonchev–Trinajstić information content (AvgIpc) is 2.76. The number of hydrogen-bond acceptors (Lipinski definition) is 4. The number of nitrogens with zero attached hydrogens (tertiary/aromatic N) is 2. The molecule has 3 rings (SSSR count). The van der Waals surface area contributed by atoms with Crippen LogP contribution < -0.4 is 4.74 Å². The molecule has 1 saturated heterocycles. The maximum atomic E-state index is 13.9. The third kappa shape index (κ3) is 4.34. The highest BCUT2D eigenvalue weighted by molar-refractivity contribution is 7.89.